The minimum atomic E-state index is -0.323. The highest BCUT2D eigenvalue weighted by Crippen LogP contribution is 2.15. The molecule has 2 heterocycles. The molecular formula is C17H18FN5O2S. The maximum absolute atomic E-state index is 13.3. The van der Waals surface area contributed by atoms with Gasteiger partial charge in [-0.2, -0.15) is 9.50 Å². The first kappa shape index (κ1) is 18.1. The molecule has 0 saturated carbocycles. The molecule has 0 fully saturated rings. The number of H-pyrrole nitrogens is 1. The lowest BCUT2D eigenvalue weighted by Gasteiger charge is -2.20. The number of halogens is 1. The van der Waals surface area contributed by atoms with Crippen molar-refractivity contribution in [1.82, 2.24) is 24.5 Å². The first-order valence-electron chi connectivity index (χ1n) is 8.07. The zero-order valence-corrected chi connectivity index (χ0v) is 15.2. The van der Waals surface area contributed by atoms with Gasteiger partial charge in [0.15, 0.2) is 5.16 Å². The first-order chi connectivity index (χ1) is 12.5. The van der Waals surface area contributed by atoms with Crippen molar-refractivity contribution in [3.63, 3.8) is 0 Å². The van der Waals surface area contributed by atoms with Gasteiger partial charge in [-0.15, -0.1) is 0 Å². The van der Waals surface area contributed by atoms with Crippen LogP contribution in [0.4, 0.5) is 4.39 Å². The van der Waals surface area contributed by atoms with E-state index in [9.17, 15) is 14.0 Å². The fourth-order valence-electron chi connectivity index (χ4n) is 2.49. The van der Waals surface area contributed by atoms with Crippen LogP contribution in [0.1, 0.15) is 18.2 Å². The van der Waals surface area contributed by atoms with Crippen LogP contribution in [-0.4, -0.2) is 42.7 Å². The molecule has 0 saturated heterocycles. The number of carbonyl (C=O) groups excluding carboxylic acids is 1. The maximum Gasteiger partial charge on any atom is 0.274 e. The van der Waals surface area contributed by atoms with Crippen LogP contribution in [0.15, 0.2) is 40.3 Å². The predicted molar refractivity (Wildman–Crippen MR) is 96.6 cm³/mol. The standard InChI is InChI=1S/C17H18FN5O2S/c1-3-22(9-12-5-4-6-13(18)8-12)15(25)10-26-17-20-16-19-11(2)7-14(24)23(16)21-17/h4-8H,3,9-10H2,1-2H3,(H,19,20,21). The van der Waals surface area contributed by atoms with Gasteiger partial charge in [0.05, 0.1) is 5.75 Å². The molecule has 0 aliphatic rings. The third-order valence-electron chi connectivity index (χ3n) is 3.77. The zero-order valence-electron chi connectivity index (χ0n) is 14.4. The molecule has 0 aliphatic heterocycles. The van der Waals surface area contributed by atoms with Crippen LogP contribution in [0.2, 0.25) is 0 Å². The molecule has 1 amide bonds. The molecular weight excluding hydrogens is 357 g/mol. The smallest absolute Gasteiger partial charge is 0.274 e. The highest BCUT2D eigenvalue weighted by Gasteiger charge is 2.15. The monoisotopic (exact) mass is 375 g/mol. The molecule has 0 atom stereocenters. The number of nitrogens with one attached hydrogen (secondary N) is 1. The average Bonchev–Trinajstić information content (AvgIpc) is 3.01. The number of benzene rings is 1. The molecule has 1 aromatic carbocycles. The Bertz CT molecular complexity index is 1000. The van der Waals surface area contributed by atoms with Crippen molar-refractivity contribution in [2.75, 3.05) is 12.3 Å². The number of amides is 1. The molecule has 3 rings (SSSR count). The number of aromatic amines is 1. The fourth-order valence-corrected chi connectivity index (χ4v) is 3.24. The Morgan fingerprint density at radius 2 is 2.15 bits per heavy atom. The summed E-state index contributed by atoms with van der Waals surface area (Å²) in [6.45, 7) is 4.44. The van der Waals surface area contributed by atoms with Gasteiger partial charge < -0.3 is 4.90 Å². The molecule has 0 radical (unpaired) electrons. The summed E-state index contributed by atoms with van der Waals surface area (Å²) in [6, 6.07) is 7.60. The van der Waals surface area contributed by atoms with Crippen LogP contribution in [-0.2, 0) is 11.3 Å². The number of hydrogen-bond donors (Lipinski definition) is 1. The molecule has 136 valence electrons. The molecule has 0 bridgehead atoms. The summed E-state index contributed by atoms with van der Waals surface area (Å²) in [4.78, 5) is 34.4. The predicted octanol–water partition coefficient (Wildman–Crippen LogP) is 2.01. The summed E-state index contributed by atoms with van der Waals surface area (Å²) in [6.07, 6.45) is 0. The van der Waals surface area contributed by atoms with E-state index in [2.05, 4.69) is 15.1 Å². The Balaban J connectivity index is 1.67. The quantitative estimate of drug-likeness (QED) is 0.667. The molecule has 0 aliphatic carbocycles. The number of carbonyl (C=O) groups is 1. The van der Waals surface area contributed by atoms with E-state index in [4.69, 9.17) is 0 Å². The lowest BCUT2D eigenvalue weighted by Crippen LogP contribution is -2.31. The van der Waals surface area contributed by atoms with Crippen molar-refractivity contribution < 1.29 is 9.18 Å². The van der Waals surface area contributed by atoms with Gasteiger partial charge in [0.1, 0.15) is 5.82 Å². The van der Waals surface area contributed by atoms with Gasteiger partial charge in [0.2, 0.25) is 5.91 Å². The summed E-state index contributed by atoms with van der Waals surface area (Å²) in [5.41, 5.74) is 1.07. The van der Waals surface area contributed by atoms with Gasteiger partial charge in [-0.05, 0) is 31.5 Å². The van der Waals surface area contributed by atoms with Crippen LogP contribution in [0.3, 0.4) is 0 Å². The molecule has 0 unspecified atom stereocenters. The summed E-state index contributed by atoms with van der Waals surface area (Å²) >= 11 is 1.19. The Hall–Kier alpha value is -2.68. The topological polar surface area (TPSA) is 83.4 Å². The lowest BCUT2D eigenvalue weighted by atomic mass is 10.2. The van der Waals surface area contributed by atoms with Crippen molar-refractivity contribution in [1.29, 1.82) is 0 Å². The Kier molecular flexibility index (Phi) is 5.36. The van der Waals surface area contributed by atoms with E-state index >= 15 is 0 Å². The van der Waals surface area contributed by atoms with Gasteiger partial charge in [0, 0.05) is 24.8 Å². The minimum absolute atomic E-state index is 0.0984. The number of nitrogens with zero attached hydrogens (tertiary/aromatic N) is 4. The number of fused-ring (bicyclic) bond motifs is 1. The van der Waals surface area contributed by atoms with Gasteiger partial charge >= 0.3 is 0 Å². The van der Waals surface area contributed by atoms with Gasteiger partial charge in [0.25, 0.3) is 11.3 Å². The second-order valence-electron chi connectivity index (χ2n) is 5.73. The van der Waals surface area contributed by atoms with Crippen LogP contribution >= 0.6 is 11.8 Å². The summed E-state index contributed by atoms with van der Waals surface area (Å²) in [5.74, 6) is 0.00289. The average molecular weight is 375 g/mol. The van der Waals surface area contributed by atoms with E-state index in [1.54, 1.807) is 24.0 Å². The van der Waals surface area contributed by atoms with Crippen LogP contribution < -0.4 is 5.56 Å². The number of aryl methyl sites for hydroxylation is 1. The van der Waals surface area contributed by atoms with E-state index in [1.807, 2.05) is 6.92 Å². The molecule has 0 spiro atoms. The summed E-state index contributed by atoms with van der Waals surface area (Å²) < 4.78 is 14.5. The van der Waals surface area contributed by atoms with Crippen molar-refractivity contribution in [2.24, 2.45) is 0 Å². The van der Waals surface area contributed by atoms with Crippen LogP contribution in [0, 0.1) is 12.7 Å². The molecule has 1 N–H and O–H groups in total. The normalized spacial score (nSPS) is 11.0. The Morgan fingerprint density at radius 1 is 1.35 bits per heavy atom. The highest BCUT2D eigenvalue weighted by atomic mass is 32.2. The van der Waals surface area contributed by atoms with E-state index < -0.39 is 0 Å². The second-order valence-corrected chi connectivity index (χ2v) is 6.69. The minimum Gasteiger partial charge on any atom is -0.338 e. The van der Waals surface area contributed by atoms with E-state index in [1.165, 1.54) is 34.5 Å². The van der Waals surface area contributed by atoms with E-state index in [-0.39, 0.29) is 28.8 Å². The van der Waals surface area contributed by atoms with E-state index in [0.717, 1.165) is 5.56 Å². The highest BCUT2D eigenvalue weighted by molar-refractivity contribution is 7.99. The van der Waals surface area contributed by atoms with Crippen LogP contribution in [0.5, 0.6) is 0 Å². The van der Waals surface area contributed by atoms with Gasteiger partial charge in [-0.3, -0.25) is 14.7 Å². The van der Waals surface area contributed by atoms with Gasteiger partial charge in [-0.25, -0.2) is 9.37 Å². The molecule has 26 heavy (non-hydrogen) atoms. The summed E-state index contributed by atoms with van der Waals surface area (Å²) in [7, 11) is 0. The lowest BCUT2D eigenvalue weighted by molar-refractivity contribution is -0.128. The third-order valence-corrected chi connectivity index (χ3v) is 4.61. The fraction of sp³-hybridized carbons (Fsp3) is 0.294. The SMILES string of the molecule is CCN(Cc1cccc(F)c1)C(=O)CSc1nc2nc(C)cc(=O)n2[nH]1. The number of aromatic nitrogens is 4. The molecule has 3 aromatic rings. The molecule has 9 heteroatoms. The number of rotatable bonds is 6. The zero-order chi connectivity index (χ0) is 18.7. The summed E-state index contributed by atoms with van der Waals surface area (Å²) in [5, 5.41) is 3.27. The van der Waals surface area contributed by atoms with E-state index in [0.29, 0.717) is 23.9 Å². The largest absolute Gasteiger partial charge is 0.338 e. The number of hydrogen-bond acceptors (Lipinski definition) is 5. The molecule has 2 aromatic heterocycles. The van der Waals surface area contributed by atoms with Crippen molar-refractivity contribution >= 4 is 23.4 Å². The third kappa shape index (κ3) is 4.10. The number of thioether (sulfide) groups is 1. The Morgan fingerprint density at radius 3 is 2.88 bits per heavy atom. The first-order valence-corrected chi connectivity index (χ1v) is 9.06. The maximum atomic E-state index is 13.3. The molecule has 7 nitrogen and oxygen atoms in total. The van der Waals surface area contributed by atoms with Crippen molar-refractivity contribution in [3.8, 4) is 0 Å². The van der Waals surface area contributed by atoms with Crippen LogP contribution in [0.25, 0.3) is 5.78 Å². The van der Waals surface area contributed by atoms with Gasteiger partial charge in [-0.1, -0.05) is 23.9 Å². The van der Waals surface area contributed by atoms with Crippen molar-refractivity contribution in [2.45, 2.75) is 25.5 Å². The second kappa shape index (κ2) is 7.69. The van der Waals surface area contributed by atoms with Crippen molar-refractivity contribution in [3.05, 3.63) is 57.8 Å². The Labute approximate surface area is 153 Å².